The molecule has 5 nitrogen and oxygen atoms in total. The molecule has 110 valence electrons. The van der Waals surface area contributed by atoms with Crippen molar-refractivity contribution in [2.45, 2.75) is 31.1 Å². The molecule has 3 N–H and O–H groups in total. The zero-order valence-corrected chi connectivity index (χ0v) is 11.9. The van der Waals surface area contributed by atoms with E-state index in [-0.39, 0.29) is 28.3 Å². The maximum Gasteiger partial charge on any atom is 0.238 e. The molecule has 1 aliphatic rings. The molecule has 1 amide bonds. The van der Waals surface area contributed by atoms with E-state index in [9.17, 15) is 17.6 Å². The van der Waals surface area contributed by atoms with Crippen LogP contribution in [0.15, 0.2) is 23.1 Å². The fourth-order valence-electron chi connectivity index (χ4n) is 2.54. The molecule has 1 fully saturated rings. The van der Waals surface area contributed by atoms with Crippen molar-refractivity contribution in [2.75, 3.05) is 5.32 Å². The molecule has 0 aliphatic heterocycles. The summed E-state index contributed by atoms with van der Waals surface area (Å²) in [5.41, 5.74) is -0.152. The summed E-state index contributed by atoms with van der Waals surface area (Å²) in [7, 11) is -3.93. The summed E-state index contributed by atoms with van der Waals surface area (Å²) in [6.07, 6.45) is 2.71. The summed E-state index contributed by atoms with van der Waals surface area (Å²) >= 11 is 0. The molecular weight excluding hydrogens is 283 g/mol. The van der Waals surface area contributed by atoms with Crippen molar-refractivity contribution < 1.29 is 17.6 Å². The molecule has 0 heterocycles. The fraction of sp³-hybridized carbons (Fsp3) is 0.462. The van der Waals surface area contributed by atoms with Gasteiger partial charge in [-0.2, -0.15) is 0 Å². The van der Waals surface area contributed by atoms with Crippen LogP contribution in [-0.4, -0.2) is 14.3 Å². The molecule has 1 aromatic rings. The number of anilines is 1. The van der Waals surface area contributed by atoms with Gasteiger partial charge in [0.15, 0.2) is 0 Å². The highest BCUT2D eigenvalue weighted by Crippen LogP contribution is 2.32. The molecule has 1 aliphatic carbocycles. The highest BCUT2D eigenvalue weighted by Gasteiger charge is 2.30. The van der Waals surface area contributed by atoms with Crippen molar-refractivity contribution in [2.24, 2.45) is 17.0 Å². The van der Waals surface area contributed by atoms with Crippen molar-refractivity contribution in [1.29, 1.82) is 0 Å². The van der Waals surface area contributed by atoms with E-state index < -0.39 is 15.8 Å². The predicted molar refractivity (Wildman–Crippen MR) is 72.9 cm³/mol. The number of carbonyl (C=O) groups excluding carboxylic acids is 1. The Balaban J connectivity index is 2.22. The number of sulfonamides is 1. The Labute approximate surface area is 117 Å². The van der Waals surface area contributed by atoms with E-state index >= 15 is 0 Å². The Morgan fingerprint density at radius 1 is 1.40 bits per heavy atom. The lowest BCUT2D eigenvalue weighted by Gasteiger charge is -2.15. The van der Waals surface area contributed by atoms with Crippen LogP contribution >= 0.6 is 0 Å². The number of halogens is 1. The Kier molecular flexibility index (Phi) is 4.10. The van der Waals surface area contributed by atoms with Gasteiger partial charge in [0.25, 0.3) is 0 Å². The van der Waals surface area contributed by atoms with Gasteiger partial charge in [-0.3, -0.25) is 4.79 Å². The molecule has 0 bridgehead atoms. The van der Waals surface area contributed by atoms with E-state index in [1.165, 1.54) is 0 Å². The second kappa shape index (κ2) is 5.49. The molecule has 2 atom stereocenters. The van der Waals surface area contributed by atoms with E-state index in [1.54, 1.807) is 0 Å². The van der Waals surface area contributed by atoms with Crippen molar-refractivity contribution >= 4 is 21.6 Å². The van der Waals surface area contributed by atoms with E-state index in [2.05, 4.69) is 5.32 Å². The number of amides is 1. The molecular formula is C13H17FN2O3S. The largest absolute Gasteiger partial charge is 0.323 e. The normalized spacial score (nSPS) is 22.8. The highest BCUT2D eigenvalue weighted by atomic mass is 32.2. The smallest absolute Gasteiger partial charge is 0.238 e. The third-order valence-electron chi connectivity index (χ3n) is 3.72. The van der Waals surface area contributed by atoms with Crippen LogP contribution < -0.4 is 10.5 Å². The summed E-state index contributed by atoms with van der Waals surface area (Å²) in [6.45, 7) is 1.98. The Hall–Kier alpha value is -1.47. The third kappa shape index (κ3) is 3.16. The first-order chi connectivity index (χ1) is 9.29. The van der Waals surface area contributed by atoms with Gasteiger partial charge in [0.1, 0.15) is 5.82 Å². The number of nitrogens with two attached hydrogens (primary N) is 1. The summed E-state index contributed by atoms with van der Waals surface area (Å²) in [4.78, 5) is 11.9. The van der Waals surface area contributed by atoms with Crippen molar-refractivity contribution in [1.82, 2.24) is 0 Å². The van der Waals surface area contributed by atoms with Crippen molar-refractivity contribution in [3.8, 4) is 0 Å². The average Bonchev–Trinajstić information content (AvgIpc) is 2.77. The summed E-state index contributed by atoms with van der Waals surface area (Å²) < 4.78 is 36.1. The standard InChI is InChI=1S/C13H17FN2O3S/c1-8-3-2-4-10(8)13(17)16-12-7-9(20(15,18)19)5-6-11(12)14/h5-8,10H,2-4H2,1H3,(H,16,17)(H2,15,18,19). The SMILES string of the molecule is CC1CCCC1C(=O)Nc1cc(S(N)(=O)=O)ccc1F. The van der Waals surface area contributed by atoms with Crippen LogP contribution in [0.2, 0.25) is 0 Å². The van der Waals surface area contributed by atoms with Gasteiger partial charge in [-0.05, 0) is 37.0 Å². The zero-order valence-electron chi connectivity index (χ0n) is 11.1. The van der Waals surface area contributed by atoms with E-state index in [0.29, 0.717) is 0 Å². The zero-order chi connectivity index (χ0) is 14.9. The second-order valence-corrected chi connectivity index (χ2v) is 6.75. The number of hydrogen-bond donors (Lipinski definition) is 2. The lowest BCUT2D eigenvalue weighted by molar-refractivity contribution is -0.120. The Morgan fingerprint density at radius 3 is 2.65 bits per heavy atom. The molecule has 1 aromatic carbocycles. The van der Waals surface area contributed by atoms with Crippen LogP contribution in [-0.2, 0) is 14.8 Å². The van der Waals surface area contributed by atoms with Crippen LogP contribution in [0.5, 0.6) is 0 Å². The second-order valence-electron chi connectivity index (χ2n) is 5.19. The predicted octanol–water partition coefficient (Wildman–Crippen LogP) is 1.85. The lowest BCUT2D eigenvalue weighted by atomic mass is 9.97. The number of benzene rings is 1. The van der Waals surface area contributed by atoms with Gasteiger partial charge in [0.05, 0.1) is 10.6 Å². The van der Waals surface area contributed by atoms with Crippen LogP contribution in [0.25, 0.3) is 0 Å². The van der Waals surface area contributed by atoms with Gasteiger partial charge >= 0.3 is 0 Å². The monoisotopic (exact) mass is 300 g/mol. The van der Waals surface area contributed by atoms with E-state index in [1.807, 2.05) is 6.92 Å². The lowest BCUT2D eigenvalue weighted by Crippen LogP contribution is -2.25. The quantitative estimate of drug-likeness (QED) is 0.892. The van der Waals surface area contributed by atoms with E-state index in [4.69, 9.17) is 5.14 Å². The number of carbonyl (C=O) groups is 1. The topological polar surface area (TPSA) is 89.3 Å². The van der Waals surface area contributed by atoms with Crippen LogP contribution in [0.1, 0.15) is 26.2 Å². The first-order valence-corrected chi connectivity index (χ1v) is 7.97. The molecule has 0 spiro atoms. The van der Waals surface area contributed by atoms with Gasteiger partial charge in [0, 0.05) is 5.92 Å². The highest BCUT2D eigenvalue weighted by molar-refractivity contribution is 7.89. The summed E-state index contributed by atoms with van der Waals surface area (Å²) in [5, 5.41) is 7.45. The van der Waals surface area contributed by atoms with Gasteiger partial charge in [0.2, 0.25) is 15.9 Å². The molecule has 2 rings (SSSR count). The van der Waals surface area contributed by atoms with Gasteiger partial charge in [-0.25, -0.2) is 17.9 Å². The maximum absolute atomic E-state index is 13.7. The van der Waals surface area contributed by atoms with E-state index in [0.717, 1.165) is 37.5 Å². The van der Waals surface area contributed by atoms with Crippen molar-refractivity contribution in [3.63, 3.8) is 0 Å². The first-order valence-electron chi connectivity index (χ1n) is 6.42. The molecule has 1 saturated carbocycles. The number of hydrogen-bond acceptors (Lipinski definition) is 3. The summed E-state index contributed by atoms with van der Waals surface area (Å²) in [5.74, 6) is -0.871. The minimum atomic E-state index is -3.93. The minimum absolute atomic E-state index is 0.152. The Morgan fingerprint density at radius 2 is 2.10 bits per heavy atom. The van der Waals surface area contributed by atoms with Gasteiger partial charge in [-0.1, -0.05) is 13.3 Å². The molecule has 2 unspecified atom stereocenters. The number of rotatable bonds is 3. The molecule has 0 radical (unpaired) electrons. The van der Waals surface area contributed by atoms with Gasteiger partial charge in [-0.15, -0.1) is 0 Å². The number of primary sulfonamides is 1. The third-order valence-corrected chi connectivity index (χ3v) is 4.63. The first kappa shape index (κ1) is 14.9. The average molecular weight is 300 g/mol. The molecule has 0 saturated heterocycles. The molecule has 0 aromatic heterocycles. The Bertz CT molecular complexity index is 631. The number of nitrogens with one attached hydrogen (secondary N) is 1. The summed E-state index contributed by atoms with van der Waals surface area (Å²) in [6, 6.07) is 3.09. The van der Waals surface area contributed by atoms with Crippen LogP contribution in [0.3, 0.4) is 0 Å². The maximum atomic E-state index is 13.7. The minimum Gasteiger partial charge on any atom is -0.323 e. The van der Waals surface area contributed by atoms with Crippen LogP contribution in [0.4, 0.5) is 10.1 Å². The van der Waals surface area contributed by atoms with Crippen LogP contribution in [0, 0.1) is 17.7 Å². The molecule has 7 heteroatoms. The molecule has 20 heavy (non-hydrogen) atoms. The fourth-order valence-corrected chi connectivity index (χ4v) is 3.08. The van der Waals surface area contributed by atoms with Crippen molar-refractivity contribution in [3.05, 3.63) is 24.0 Å². The van der Waals surface area contributed by atoms with Gasteiger partial charge < -0.3 is 5.32 Å².